The normalized spacial score (nSPS) is 11.7. The van der Waals surface area contributed by atoms with Crippen LogP contribution in [0.15, 0.2) is 18.3 Å². The lowest BCUT2D eigenvalue weighted by molar-refractivity contribution is 0.607. The number of nitrogens with one attached hydrogen (secondary N) is 1. The molecule has 0 bridgehead atoms. The third-order valence-electron chi connectivity index (χ3n) is 1.68. The molecule has 1 N–H and O–H groups in total. The highest BCUT2D eigenvalue weighted by Gasteiger charge is 2.03. The van der Waals surface area contributed by atoms with Crippen LogP contribution in [0.25, 0.3) is 0 Å². The van der Waals surface area contributed by atoms with Gasteiger partial charge in [-0.2, -0.15) is 0 Å². The molecular formula is C9H14N2O2S. The van der Waals surface area contributed by atoms with Crippen LogP contribution in [0, 0.1) is 0 Å². The summed E-state index contributed by atoms with van der Waals surface area (Å²) >= 11 is 0. The molecule has 0 unspecified atom stereocenters. The zero-order valence-electron chi connectivity index (χ0n) is 8.48. The molecular weight excluding hydrogens is 200 g/mol. The maximum Gasteiger partial charge on any atom is 0.229 e. The van der Waals surface area contributed by atoms with Gasteiger partial charge in [0.25, 0.3) is 0 Å². The number of hydrogen-bond acceptors (Lipinski definition) is 3. The molecule has 0 aliphatic rings. The minimum Gasteiger partial charge on any atom is -0.282 e. The first-order valence-electron chi connectivity index (χ1n) is 4.32. The Morgan fingerprint density at radius 1 is 1.36 bits per heavy atom. The maximum absolute atomic E-state index is 10.9. The predicted molar refractivity (Wildman–Crippen MR) is 56.8 cm³/mol. The van der Waals surface area contributed by atoms with Crippen molar-refractivity contribution in [2.45, 2.75) is 19.8 Å². The SMILES string of the molecule is CC(C)c1ccc(NS(C)(=O)=O)cn1. The van der Waals surface area contributed by atoms with E-state index in [0.29, 0.717) is 11.6 Å². The molecule has 5 heteroatoms. The van der Waals surface area contributed by atoms with Gasteiger partial charge in [-0.25, -0.2) is 8.42 Å². The second-order valence-corrected chi connectivity index (χ2v) is 5.25. The number of hydrogen-bond donors (Lipinski definition) is 1. The average molecular weight is 214 g/mol. The number of pyridine rings is 1. The van der Waals surface area contributed by atoms with Crippen molar-refractivity contribution in [3.63, 3.8) is 0 Å². The van der Waals surface area contributed by atoms with Crippen molar-refractivity contribution in [2.24, 2.45) is 0 Å². The van der Waals surface area contributed by atoms with Gasteiger partial charge in [0.05, 0.1) is 18.1 Å². The highest BCUT2D eigenvalue weighted by molar-refractivity contribution is 7.92. The van der Waals surface area contributed by atoms with Crippen LogP contribution >= 0.6 is 0 Å². The molecule has 1 aromatic heterocycles. The van der Waals surface area contributed by atoms with E-state index in [0.717, 1.165) is 11.9 Å². The summed E-state index contributed by atoms with van der Waals surface area (Å²) in [5.41, 5.74) is 1.45. The Kier molecular flexibility index (Phi) is 3.10. The van der Waals surface area contributed by atoms with Gasteiger partial charge in [-0.15, -0.1) is 0 Å². The first-order chi connectivity index (χ1) is 6.38. The molecule has 14 heavy (non-hydrogen) atoms. The minimum absolute atomic E-state index is 0.349. The van der Waals surface area contributed by atoms with E-state index in [9.17, 15) is 8.42 Å². The van der Waals surface area contributed by atoms with E-state index in [4.69, 9.17) is 0 Å². The summed E-state index contributed by atoms with van der Waals surface area (Å²) in [5, 5.41) is 0. The zero-order chi connectivity index (χ0) is 10.8. The number of aromatic nitrogens is 1. The smallest absolute Gasteiger partial charge is 0.229 e. The van der Waals surface area contributed by atoms with Crippen LogP contribution in [-0.4, -0.2) is 19.7 Å². The Hall–Kier alpha value is -1.10. The molecule has 0 amide bonds. The molecule has 0 aliphatic carbocycles. The molecule has 0 spiro atoms. The fourth-order valence-corrected chi connectivity index (χ4v) is 1.57. The maximum atomic E-state index is 10.9. The Morgan fingerprint density at radius 3 is 2.36 bits per heavy atom. The molecule has 1 aromatic rings. The van der Waals surface area contributed by atoms with Gasteiger partial charge in [0.2, 0.25) is 10.0 Å². The lowest BCUT2D eigenvalue weighted by atomic mass is 10.1. The van der Waals surface area contributed by atoms with Crippen molar-refractivity contribution in [2.75, 3.05) is 11.0 Å². The number of rotatable bonds is 3. The van der Waals surface area contributed by atoms with E-state index >= 15 is 0 Å². The van der Waals surface area contributed by atoms with Crippen molar-refractivity contribution >= 4 is 15.7 Å². The Bertz CT molecular complexity index is 395. The molecule has 0 fully saturated rings. The van der Waals surface area contributed by atoms with Crippen LogP contribution in [0.5, 0.6) is 0 Å². The number of nitrogens with zero attached hydrogens (tertiary/aromatic N) is 1. The van der Waals surface area contributed by atoms with Crippen LogP contribution in [0.4, 0.5) is 5.69 Å². The first kappa shape index (κ1) is 11.0. The predicted octanol–water partition coefficient (Wildman–Crippen LogP) is 1.58. The fourth-order valence-electron chi connectivity index (χ4n) is 1.02. The molecule has 0 atom stereocenters. The average Bonchev–Trinajstić information content (AvgIpc) is 2.02. The van der Waals surface area contributed by atoms with E-state index in [-0.39, 0.29) is 0 Å². The van der Waals surface area contributed by atoms with Gasteiger partial charge in [-0.1, -0.05) is 13.8 Å². The summed E-state index contributed by atoms with van der Waals surface area (Å²) in [6.45, 7) is 4.07. The molecule has 1 rings (SSSR count). The lowest BCUT2D eigenvalue weighted by Crippen LogP contribution is -2.09. The number of sulfonamides is 1. The lowest BCUT2D eigenvalue weighted by Gasteiger charge is -2.06. The van der Waals surface area contributed by atoms with E-state index in [1.165, 1.54) is 6.20 Å². The summed E-state index contributed by atoms with van der Waals surface area (Å²) in [6, 6.07) is 3.53. The molecule has 0 radical (unpaired) electrons. The van der Waals surface area contributed by atoms with Gasteiger partial charge >= 0.3 is 0 Å². The highest BCUT2D eigenvalue weighted by atomic mass is 32.2. The molecule has 1 heterocycles. The van der Waals surface area contributed by atoms with Crippen molar-refractivity contribution in [1.82, 2.24) is 4.98 Å². The van der Waals surface area contributed by atoms with E-state index in [1.54, 1.807) is 6.07 Å². The zero-order valence-corrected chi connectivity index (χ0v) is 9.30. The molecule has 0 aromatic carbocycles. The Balaban J connectivity index is 2.84. The second kappa shape index (κ2) is 3.96. The van der Waals surface area contributed by atoms with Crippen LogP contribution < -0.4 is 4.72 Å². The van der Waals surface area contributed by atoms with Crippen LogP contribution in [0.1, 0.15) is 25.5 Å². The highest BCUT2D eigenvalue weighted by Crippen LogP contribution is 2.14. The summed E-state index contributed by atoms with van der Waals surface area (Å²) in [6.07, 6.45) is 2.64. The molecule has 0 saturated carbocycles. The topological polar surface area (TPSA) is 59.1 Å². The minimum atomic E-state index is -3.20. The summed E-state index contributed by atoms with van der Waals surface area (Å²) in [7, 11) is -3.20. The molecule has 4 nitrogen and oxygen atoms in total. The largest absolute Gasteiger partial charge is 0.282 e. The monoisotopic (exact) mass is 214 g/mol. The molecule has 0 saturated heterocycles. The van der Waals surface area contributed by atoms with Crippen LogP contribution in [0.2, 0.25) is 0 Å². The van der Waals surface area contributed by atoms with Gasteiger partial charge in [-0.3, -0.25) is 9.71 Å². The summed E-state index contributed by atoms with van der Waals surface area (Å²) < 4.78 is 24.1. The van der Waals surface area contributed by atoms with Crippen LogP contribution in [-0.2, 0) is 10.0 Å². The summed E-state index contributed by atoms with van der Waals surface area (Å²) in [4.78, 5) is 4.14. The van der Waals surface area contributed by atoms with Gasteiger partial charge in [0, 0.05) is 5.69 Å². The second-order valence-electron chi connectivity index (χ2n) is 3.50. The van der Waals surface area contributed by atoms with Crippen molar-refractivity contribution in [3.05, 3.63) is 24.0 Å². The molecule has 78 valence electrons. The van der Waals surface area contributed by atoms with Crippen molar-refractivity contribution in [1.29, 1.82) is 0 Å². The van der Waals surface area contributed by atoms with E-state index in [1.807, 2.05) is 19.9 Å². The summed E-state index contributed by atoms with van der Waals surface area (Å²) in [5.74, 6) is 0.349. The van der Waals surface area contributed by atoms with Crippen molar-refractivity contribution < 1.29 is 8.42 Å². The van der Waals surface area contributed by atoms with Crippen LogP contribution in [0.3, 0.4) is 0 Å². The van der Waals surface area contributed by atoms with E-state index in [2.05, 4.69) is 9.71 Å². The third-order valence-corrected chi connectivity index (χ3v) is 2.29. The Morgan fingerprint density at radius 2 is 2.00 bits per heavy atom. The first-order valence-corrected chi connectivity index (χ1v) is 6.21. The van der Waals surface area contributed by atoms with E-state index < -0.39 is 10.0 Å². The van der Waals surface area contributed by atoms with Gasteiger partial charge in [0.1, 0.15) is 0 Å². The fraction of sp³-hybridized carbons (Fsp3) is 0.444. The van der Waals surface area contributed by atoms with Gasteiger partial charge < -0.3 is 0 Å². The Labute approximate surface area is 84.4 Å². The van der Waals surface area contributed by atoms with Gasteiger partial charge in [0.15, 0.2) is 0 Å². The third kappa shape index (κ3) is 3.33. The van der Waals surface area contributed by atoms with Gasteiger partial charge in [-0.05, 0) is 18.1 Å². The van der Waals surface area contributed by atoms with Crippen molar-refractivity contribution in [3.8, 4) is 0 Å². The quantitative estimate of drug-likeness (QED) is 0.831. The standard InChI is InChI=1S/C9H14N2O2S/c1-7(2)9-5-4-8(6-10-9)11-14(3,12)13/h4-7,11H,1-3H3. The molecule has 0 aliphatic heterocycles. The number of anilines is 1.